The van der Waals surface area contributed by atoms with Gasteiger partial charge in [-0.15, -0.1) is 0 Å². The van der Waals surface area contributed by atoms with Gasteiger partial charge in [-0.2, -0.15) is 0 Å². The molecule has 0 aromatic carbocycles. The van der Waals surface area contributed by atoms with Crippen molar-refractivity contribution in [1.82, 2.24) is 19.9 Å². The van der Waals surface area contributed by atoms with E-state index in [0.29, 0.717) is 5.56 Å². The molecule has 0 fully saturated rings. The lowest BCUT2D eigenvalue weighted by Gasteiger charge is -2.14. The van der Waals surface area contributed by atoms with E-state index in [1.165, 1.54) is 17.0 Å². The Bertz CT molecular complexity index is 822. The zero-order valence-corrected chi connectivity index (χ0v) is 13.5. The Labute approximate surface area is 145 Å². The molecule has 0 aliphatic heterocycles. The van der Waals surface area contributed by atoms with Crippen molar-refractivity contribution in [3.8, 4) is 0 Å². The highest BCUT2D eigenvalue weighted by Gasteiger charge is 2.17. The van der Waals surface area contributed by atoms with Crippen LogP contribution < -0.4 is 0 Å². The van der Waals surface area contributed by atoms with Crippen molar-refractivity contribution in [2.24, 2.45) is 0 Å². The Morgan fingerprint density at radius 3 is 1.68 bits per heavy atom. The highest BCUT2D eigenvalue weighted by molar-refractivity contribution is 5.73. The van der Waals surface area contributed by atoms with Crippen LogP contribution >= 0.6 is 0 Å². The fraction of sp³-hybridized carbons (Fsp3) is 0.0500. The molecule has 0 unspecified atom stereocenters. The summed E-state index contributed by atoms with van der Waals surface area (Å²) in [4.78, 5) is 24.4. The predicted molar refractivity (Wildman–Crippen MR) is 96.4 cm³/mol. The van der Waals surface area contributed by atoms with Gasteiger partial charge >= 0.3 is 0 Å². The van der Waals surface area contributed by atoms with E-state index in [1.54, 1.807) is 24.5 Å². The van der Waals surface area contributed by atoms with Crippen LogP contribution in [-0.2, 0) is 0 Å². The van der Waals surface area contributed by atoms with Gasteiger partial charge < -0.3 is 9.97 Å². The van der Waals surface area contributed by atoms with Gasteiger partial charge in [0.15, 0.2) is 0 Å². The van der Waals surface area contributed by atoms with Crippen LogP contribution in [0.15, 0.2) is 85.7 Å². The molecule has 0 aliphatic carbocycles. The molecule has 2 N–H and O–H groups in total. The summed E-state index contributed by atoms with van der Waals surface area (Å²) in [5.74, 6) is 0.211. The minimum absolute atomic E-state index is 0.211. The van der Waals surface area contributed by atoms with E-state index in [-0.39, 0.29) is 5.92 Å². The van der Waals surface area contributed by atoms with Gasteiger partial charge in [0, 0.05) is 54.1 Å². The first kappa shape index (κ1) is 16.4. The number of rotatable bonds is 4. The highest BCUT2D eigenvalue weighted by atomic mass is 16.1. The first-order valence-electron chi connectivity index (χ1n) is 7.90. The number of H-pyrrole nitrogens is 2. The Morgan fingerprint density at radius 2 is 1.28 bits per heavy atom. The fourth-order valence-corrected chi connectivity index (χ4v) is 2.57. The van der Waals surface area contributed by atoms with Crippen molar-refractivity contribution in [3.63, 3.8) is 0 Å². The average Bonchev–Trinajstić information content (AvgIpc) is 3.39. The standard InChI is InChI=1S/C14H13N3.C6H5NO/c1-3-12(16-7-1)14(13-4-2-8-17-13)11-5-9-15-10-6-11;8-5-6-1-3-7-4-2-6/h1-10,14,16-17H;1-5H. The maximum Gasteiger partial charge on any atom is 0.150 e. The zero-order valence-electron chi connectivity index (χ0n) is 13.5. The third kappa shape index (κ3) is 4.29. The molecule has 0 aliphatic rings. The topological polar surface area (TPSA) is 74.4 Å². The highest BCUT2D eigenvalue weighted by Crippen LogP contribution is 2.29. The summed E-state index contributed by atoms with van der Waals surface area (Å²) in [6.07, 6.45) is 11.5. The minimum atomic E-state index is 0.211. The molecular formula is C20H18N4O. The first-order valence-corrected chi connectivity index (χ1v) is 7.90. The number of carbonyl (C=O) groups excluding carboxylic acids is 1. The van der Waals surface area contributed by atoms with Crippen LogP contribution in [0.1, 0.15) is 33.2 Å². The molecule has 5 nitrogen and oxygen atoms in total. The fourth-order valence-electron chi connectivity index (χ4n) is 2.57. The first-order chi connectivity index (χ1) is 12.4. The van der Waals surface area contributed by atoms with E-state index in [9.17, 15) is 4.79 Å². The van der Waals surface area contributed by atoms with Crippen molar-refractivity contribution in [3.05, 3.63) is 108 Å². The summed E-state index contributed by atoms with van der Waals surface area (Å²) >= 11 is 0. The van der Waals surface area contributed by atoms with Gasteiger partial charge in [-0.05, 0) is 54.1 Å². The van der Waals surface area contributed by atoms with Gasteiger partial charge in [-0.1, -0.05) is 0 Å². The molecule has 0 saturated heterocycles. The molecule has 0 atom stereocenters. The summed E-state index contributed by atoms with van der Waals surface area (Å²) in [6, 6.07) is 15.7. The van der Waals surface area contributed by atoms with E-state index in [0.717, 1.165) is 6.29 Å². The Balaban J connectivity index is 0.000000192. The van der Waals surface area contributed by atoms with E-state index in [4.69, 9.17) is 0 Å². The SMILES string of the molecule is O=Cc1ccncc1.c1c[nH]c(C(c2ccncc2)c2ccc[nH]2)c1. The van der Waals surface area contributed by atoms with Crippen LogP contribution in [0.2, 0.25) is 0 Å². The van der Waals surface area contributed by atoms with E-state index in [1.807, 2.05) is 49.1 Å². The number of carbonyl (C=O) groups is 1. The number of aromatic amines is 2. The lowest BCUT2D eigenvalue weighted by Crippen LogP contribution is -2.04. The van der Waals surface area contributed by atoms with E-state index in [2.05, 4.69) is 32.1 Å². The Kier molecular flexibility index (Phi) is 5.51. The Morgan fingerprint density at radius 1 is 0.760 bits per heavy atom. The van der Waals surface area contributed by atoms with E-state index < -0.39 is 0 Å². The number of nitrogens with one attached hydrogen (secondary N) is 2. The number of aldehydes is 1. The van der Waals surface area contributed by atoms with Gasteiger partial charge in [0.25, 0.3) is 0 Å². The van der Waals surface area contributed by atoms with Gasteiger partial charge in [0.1, 0.15) is 6.29 Å². The zero-order chi connectivity index (χ0) is 17.3. The number of nitrogens with zero attached hydrogens (tertiary/aromatic N) is 2. The summed E-state index contributed by atoms with van der Waals surface area (Å²) in [7, 11) is 0. The van der Waals surface area contributed by atoms with E-state index >= 15 is 0 Å². The van der Waals surface area contributed by atoms with Gasteiger partial charge in [0.05, 0.1) is 5.92 Å². The molecular weight excluding hydrogens is 312 g/mol. The second-order valence-electron chi connectivity index (χ2n) is 5.36. The number of aromatic nitrogens is 4. The number of hydrogen-bond donors (Lipinski definition) is 2. The molecule has 4 aromatic rings. The quantitative estimate of drug-likeness (QED) is 0.559. The molecule has 4 heterocycles. The van der Waals surface area contributed by atoms with Gasteiger partial charge in [-0.3, -0.25) is 14.8 Å². The van der Waals surface area contributed by atoms with Crippen molar-refractivity contribution >= 4 is 6.29 Å². The van der Waals surface area contributed by atoms with Crippen LogP contribution in [0.3, 0.4) is 0 Å². The van der Waals surface area contributed by atoms with Crippen LogP contribution in [0.5, 0.6) is 0 Å². The maximum absolute atomic E-state index is 9.98. The van der Waals surface area contributed by atoms with Crippen molar-refractivity contribution < 1.29 is 4.79 Å². The molecule has 4 aromatic heterocycles. The molecule has 0 bridgehead atoms. The number of pyridine rings is 2. The molecule has 124 valence electrons. The molecule has 0 saturated carbocycles. The number of hydrogen-bond acceptors (Lipinski definition) is 3. The van der Waals surface area contributed by atoms with Crippen LogP contribution in [0, 0.1) is 0 Å². The summed E-state index contributed by atoms with van der Waals surface area (Å²) in [5, 5.41) is 0. The summed E-state index contributed by atoms with van der Waals surface area (Å²) < 4.78 is 0. The van der Waals surface area contributed by atoms with Crippen molar-refractivity contribution in [1.29, 1.82) is 0 Å². The molecule has 4 rings (SSSR count). The van der Waals surface area contributed by atoms with Crippen molar-refractivity contribution in [2.75, 3.05) is 0 Å². The second kappa shape index (κ2) is 8.40. The molecule has 0 radical (unpaired) electrons. The molecule has 5 heteroatoms. The average molecular weight is 330 g/mol. The van der Waals surface area contributed by atoms with Gasteiger partial charge in [-0.25, -0.2) is 0 Å². The van der Waals surface area contributed by atoms with Crippen LogP contribution in [-0.4, -0.2) is 26.2 Å². The summed E-state index contributed by atoms with van der Waals surface area (Å²) in [5.41, 5.74) is 4.25. The van der Waals surface area contributed by atoms with Gasteiger partial charge in [0.2, 0.25) is 0 Å². The predicted octanol–water partition coefficient (Wildman–Crippen LogP) is 3.81. The maximum atomic E-state index is 9.98. The third-order valence-corrected chi connectivity index (χ3v) is 3.75. The normalized spacial score (nSPS) is 10.1. The monoisotopic (exact) mass is 330 g/mol. The molecule has 25 heavy (non-hydrogen) atoms. The van der Waals surface area contributed by atoms with Crippen molar-refractivity contribution in [2.45, 2.75) is 5.92 Å². The largest absolute Gasteiger partial charge is 0.364 e. The Hall–Kier alpha value is -3.47. The van der Waals surface area contributed by atoms with Crippen LogP contribution in [0.25, 0.3) is 0 Å². The lowest BCUT2D eigenvalue weighted by atomic mass is 9.93. The molecule has 0 spiro atoms. The third-order valence-electron chi connectivity index (χ3n) is 3.75. The minimum Gasteiger partial charge on any atom is -0.364 e. The summed E-state index contributed by atoms with van der Waals surface area (Å²) in [6.45, 7) is 0. The smallest absolute Gasteiger partial charge is 0.150 e. The lowest BCUT2D eigenvalue weighted by molar-refractivity contribution is 0.112. The molecule has 0 amide bonds. The van der Waals surface area contributed by atoms with Crippen LogP contribution in [0.4, 0.5) is 0 Å². The second-order valence-corrected chi connectivity index (χ2v) is 5.36.